The molecule has 0 saturated carbocycles. The average Bonchev–Trinajstić information content (AvgIpc) is 2.87. The third-order valence-electron chi connectivity index (χ3n) is 6.02. The lowest BCUT2D eigenvalue weighted by atomic mass is 9.60. The Morgan fingerprint density at radius 2 is 1.88 bits per heavy atom. The SMILES string of the molecule is CC(=O)C1C2=CCC3=CCC4C(=O)OC(=O)C4C3C2=CCC1C(O)O. The van der Waals surface area contributed by atoms with Crippen molar-refractivity contribution < 1.29 is 29.3 Å². The second-order valence-corrected chi connectivity index (χ2v) is 7.29. The first-order valence-electron chi connectivity index (χ1n) is 8.61. The summed E-state index contributed by atoms with van der Waals surface area (Å²) in [6, 6.07) is 0. The molecule has 132 valence electrons. The maximum Gasteiger partial charge on any atom is 0.318 e. The lowest BCUT2D eigenvalue weighted by Gasteiger charge is -2.42. The summed E-state index contributed by atoms with van der Waals surface area (Å²) in [6.45, 7) is 1.45. The Labute approximate surface area is 144 Å². The van der Waals surface area contributed by atoms with E-state index in [1.165, 1.54) is 6.92 Å². The molecule has 0 amide bonds. The van der Waals surface area contributed by atoms with E-state index >= 15 is 0 Å². The molecule has 0 aromatic heterocycles. The lowest BCUT2D eigenvalue weighted by molar-refractivity contribution is -0.154. The van der Waals surface area contributed by atoms with Crippen LogP contribution in [0, 0.1) is 29.6 Å². The van der Waals surface area contributed by atoms with Crippen molar-refractivity contribution in [3.63, 3.8) is 0 Å². The first-order chi connectivity index (χ1) is 11.9. The van der Waals surface area contributed by atoms with Gasteiger partial charge in [-0.2, -0.15) is 0 Å². The highest BCUT2D eigenvalue weighted by molar-refractivity contribution is 5.98. The van der Waals surface area contributed by atoms with Gasteiger partial charge in [0.25, 0.3) is 0 Å². The fourth-order valence-electron chi connectivity index (χ4n) is 4.93. The van der Waals surface area contributed by atoms with Gasteiger partial charge in [0.2, 0.25) is 0 Å². The van der Waals surface area contributed by atoms with Crippen LogP contribution in [0.15, 0.2) is 34.9 Å². The van der Waals surface area contributed by atoms with Crippen molar-refractivity contribution in [1.29, 1.82) is 0 Å². The minimum atomic E-state index is -1.58. The van der Waals surface area contributed by atoms with E-state index in [2.05, 4.69) is 0 Å². The molecule has 1 heterocycles. The van der Waals surface area contributed by atoms with Crippen molar-refractivity contribution >= 4 is 17.7 Å². The van der Waals surface area contributed by atoms with Gasteiger partial charge in [0.15, 0.2) is 6.29 Å². The van der Waals surface area contributed by atoms with Crippen LogP contribution in [0.25, 0.3) is 0 Å². The Morgan fingerprint density at radius 1 is 1.12 bits per heavy atom. The summed E-state index contributed by atoms with van der Waals surface area (Å²) >= 11 is 0. The maximum atomic E-state index is 12.3. The van der Waals surface area contributed by atoms with Gasteiger partial charge in [-0.1, -0.05) is 23.8 Å². The Hall–Kier alpha value is -2.05. The van der Waals surface area contributed by atoms with Gasteiger partial charge < -0.3 is 14.9 Å². The van der Waals surface area contributed by atoms with Gasteiger partial charge in [-0.15, -0.1) is 0 Å². The van der Waals surface area contributed by atoms with Crippen LogP contribution in [0.5, 0.6) is 0 Å². The molecular weight excluding hydrogens is 324 g/mol. The van der Waals surface area contributed by atoms with Gasteiger partial charge >= 0.3 is 11.9 Å². The zero-order chi connectivity index (χ0) is 17.9. The van der Waals surface area contributed by atoms with Crippen molar-refractivity contribution in [2.24, 2.45) is 29.6 Å². The summed E-state index contributed by atoms with van der Waals surface area (Å²) in [5, 5.41) is 19.3. The van der Waals surface area contributed by atoms with Crippen molar-refractivity contribution in [1.82, 2.24) is 0 Å². The van der Waals surface area contributed by atoms with Gasteiger partial charge in [0.1, 0.15) is 5.78 Å². The van der Waals surface area contributed by atoms with Crippen molar-refractivity contribution in [2.45, 2.75) is 32.5 Å². The molecule has 1 saturated heterocycles. The standard InChI is InChI=1S/C19H20O6/c1-8(20)14-10-4-2-9-3-5-13-16(19(24)25-18(13)23)15(9)11(10)6-7-12(14)17(21)22/h3-4,6,12-17,21-22H,2,5,7H2,1H3. The summed E-state index contributed by atoms with van der Waals surface area (Å²) in [5.74, 6) is -3.52. The second kappa shape index (κ2) is 5.75. The number of ether oxygens (including phenoxy) is 1. The summed E-state index contributed by atoms with van der Waals surface area (Å²) in [7, 11) is 0. The number of ketones is 1. The van der Waals surface area contributed by atoms with E-state index in [0.29, 0.717) is 19.3 Å². The average molecular weight is 344 g/mol. The van der Waals surface area contributed by atoms with E-state index in [1.807, 2.05) is 18.2 Å². The first kappa shape index (κ1) is 16.4. The molecule has 6 nitrogen and oxygen atoms in total. The van der Waals surface area contributed by atoms with E-state index < -0.39 is 41.9 Å². The molecule has 3 aliphatic carbocycles. The first-order valence-corrected chi connectivity index (χ1v) is 8.61. The summed E-state index contributed by atoms with van der Waals surface area (Å²) in [5.41, 5.74) is 2.72. The van der Waals surface area contributed by atoms with E-state index in [9.17, 15) is 24.6 Å². The van der Waals surface area contributed by atoms with Gasteiger partial charge in [-0.25, -0.2) is 0 Å². The monoisotopic (exact) mass is 344 g/mol. The molecule has 4 rings (SSSR count). The summed E-state index contributed by atoms with van der Waals surface area (Å²) in [4.78, 5) is 36.4. The largest absolute Gasteiger partial charge is 0.393 e. The molecule has 2 N–H and O–H groups in total. The van der Waals surface area contributed by atoms with E-state index in [1.54, 1.807) is 0 Å². The number of hydrogen-bond donors (Lipinski definition) is 2. The predicted octanol–water partition coefficient (Wildman–Crippen LogP) is 1.04. The molecule has 1 aliphatic heterocycles. The van der Waals surface area contributed by atoms with Crippen LogP contribution < -0.4 is 0 Å². The van der Waals surface area contributed by atoms with Crippen molar-refractivity contribution in [2.75, 3.05) is 0 Å². The highest BCUT2D eigenvalue weighted by Gasteiger charge is 2.54. The number of carbonyl (C=O) groups excluding carboxylic acids is 3. The minimum absolute atomic E-state index is 0.125. The van der Waals surface area contributed by atoms with E-state index in [4.69, 9.17) is 4.74 Å². The number of aliphatic hydroxyl groups excluding tert-OH is 1. The molecule has 0 spiro atoms. The molecule has 5 atom stereocenters. The molecule has 0 aromatic rings. The number of rotatable bonds is 2. The third-order valence-corrected chi connectivity index (χ3v) is 6.02. The summed E-state index contributed by atoms with van der Waals surface area (Å²) in [6.07, 6.45) is 5.73. The molecule has 1 fully saturated rings. The fourth-order valence-corrected chi connectivity index (χ4v) is 4.93. The lowest BCUT2D eigenvalue weighted by Crippen LogP contribution is -2.41. The third kappa shape index (κ3) is 2.35. The number of esters is 2. The highest BCUT2D eigenvalue weighted by atomic mass is 16.6. The quantitative estimate of drug-likeness (QED) is 0.336. The predicted molar refractivity (Wildman–Crippen MR) is 85.6 cm³/mol. The highest BCUT2D eigenvalue weighted by Crippen LogP contribution is 2.53. The Balaban J connectivity index is 1.79. The fraction of sp³-hybridized carbons (Fsp3) is 0.526. The summed E-state index contributed by atoms with van der Waals surface area (Å²) < 4.78 is 4.87. The minimum Gasteiger partial charge on any atom is -0.393 e. The smallest absolute Gasteiger partial charge is 0.318 e. The molecule has 25 heavy (non-hydrogen) atoms. The molecule has 4 aliphatic rings. The van der Waals surface area contributed by atoms with Crippen LogP contribution >= 0.6 is 0 Å². The van der Waals surface area contributed by atoms with E-state index in [-0.39, 0.29) is 11.7 Å². The Kier molecular flexibility index (Phi) is 3.77. The molecule has 5 unspecified atom stereocenters. The van der Waals surface area contributed by atoms with Crippen LogP contribution in [0.1, 0.15) is 26.2 Å². The number of hydrogen-bond acceptors (Lipinski definition) is 6. The zero-order valence-electron chi connectivity index (χ0n) is 13.8. The van der Waals surface area contributed by atoms with Crippen LogP contribution in [0.2, 0.25) is 0 Å². The second-order valence-electron chi connectivity index (χ2n) is 7.29. The number of carbonyl (C=O) groups is 3. The number of aliphatic hydroxyl groups is 2. The number of allylic oxidation sites excluding steroid dienone is 6. The van der Waals surface area contributed by atoms with Crippen LogP contribution in [-0.2, 0) is 19.1 Å². The van der Waals surface area contributed by atoms with Crippen molar-refractivity contribution in [3.8, 4) is 0 Å². The topological polar surface area (TPSA) is 101 Å². The van der Waals surface area contributed by atoms with Crippen LogP contribution in [-0.4, -0.2) is 34.2 Å². The Bertz CT molecular complexity index is 756. The van der Waals surface area contributed by atoms with Gasteiger partial charge in [-0.05, 0) is 37.3 Å². The van der Waals surface area contributed by atoms with Gasteiger partial charge in [-0.3, -0.25) is 14.4 Å². The van der Waals surface area contributed by atoms with Gasteiger partial charge in [0, 0.05) is 11.8 Å². The molecule has 6 heteroatoms. The van der Waals surface area contributed by atoms with Crippen LogP contribution in [0.4, 0.5) is 0 Å². The molecule has 0 bridgehead atoms. The number of fused-ring (bicyclic) bond motifs is 5. The molecular formula is C19H20O6. The zero-order valence-corrected chi connectivity index (χ0v) is 13.8. The van der Waals surface area contributed by atoms with Crippen molar-refractivity contribution in [3.05, 3.63) is 34.9 Å². The Morgan fingerprint density at radius 3 is 2.56 bits per heavy atom. The van der Waals surface area contributed by atoms with Gasteiger partial charge in [0.05, 0.1) is 17.8 Å². The normalized spacial score (nSPS) is 36.6. The van der Waals surface area contributed by atoms with E-state index in [0.717, 1.165) is 16.7 Å². The number of cyclic esters (lactones) is 2. The molecule has 0 radical (unpaired) electrons. The van der Waals surface area contributed by atoms with Crippen LogP contribution in [0.3, 0.4) is 0 Å². The maximum absolute atomic E-state index is 12.3. The number of Topliss-reactive ketones (excluding diaryl/α,β-unsaturated/α-hetero) is 1. The molecule has 0 aromatic carbocycles.